The average molecular weight is 365 g/mol. The van der Waals surface area contributed by atoms with Crippen molar-refractivity contribution >= 4 is 40.4 Å². The van der Waals surface area contributed by atoms with Gasteiger partial charge in [0.25, 0.3) is 5.91 Å². The summed E-state index contributed by atoms with van der Waals surface area (Å²) in [5.41, 5.74) is 0.247. The van der Waals surface area contributed by atoms with Crippen LogP contribution in [0.3, 0.4) is 0 Å². The fourth-order valence-corrected chi connectivity index (χ4v) is 5.17. The molecule has 0 bridgehead atoms. The summed E-state index contributed by atoms with van der Waals surface area (Å²) in [6, 6.07) is 13.9. The first-order valence-electron chi connectivity index (χ1n) is 7.84. The summed E-state index contributed by atoms with van der Waals surface area (Å²) in [5.74, 6) is -0.0814. The van der Waals surface area contributed by atoms with Crippen molar-refractivity contribution < 1.29 is 9.59 Å². The smallest absolute Gasteiger partial charge is 0.262 e. The van der Waals surface area contributed by atoms with Gasteiger partial charge < -0.3 is 4.90 Å². The number of thioether (sulfide) groups is 1. The van der Waals surface area contributed by atoms with Crippen LogP contribution in [-0.2, 0) is 9.59 Å². The normalized spacial score (nSPS) is 18.7. The lowest BCUT2D eigenvalue weighted by molar-refractivity contribution is -0.125. The molecule has 2 heterocycles. The van der Waals surface area contributed by atoms with Crippen LogP contribution >= 0.6 is 23.1 Å². The van der Waals surface area contributed by atoms with Gasteiger partial charge >= 0.3 is 0 Å². The van der Waals surface area contributed by atoms with Crippen molar-refractivity contribution in [2.75, 3.05) is 7.05 Å². The number of hydrogen-bond donors (Lipinski definition) is 0. The molecule has 1 aromatic heterocycles. The Hall–Kier alpha value is -2.37. The molecule has 1 amide bonds. The molecule has 0 saturated carbocycles. The number of likely N-dealkylation sites (N-methyl/N-ethyl adjacent to an activating group) is 1. The Morgan fingerprint density at radius 1 is 1.00 bits per heavy atom. The van der Waals surface area contributed by atoms with Crippen LogP contribution < -0.4 is 0 Å². The molecule has 4 rings (SSSR count). The van der Waals surface area contributed by atoms with Crippen molar-refractivity contribution in [2.45, 2.75) is 10.4 Å². The maximum Gasteiger partial charge on any atom is 0.262 e. The van der Waals surface area contributed by atoms with E-state index in [1.807, 2.05) is 60.0 Å². The van der Waals surface area contributed by atoms with E-state index >= 15 is 0 Å². The number of nitrogens with zero attached hydrogens (tertiary/aromatic N) is 1. The fraction of sp³-hybridized carbons (Fsp3) is 0.100. The lowest BCUT2D eigenvalue weighted by Gasteiger charge is -2.34. The zero-order valence-corrected chi connectivity index (χ0v) is 15.1. The summed E-state index contributed by atoms with van der Waals surface area (Å²) in [6.45, 7) is 0. The van der Waals surface area contributed by atoms with E-state index in [0.717, 1.165) is 15.3 Å². The fourth-order valence-electron chi connectivity index (χ4n) is 3.13. The Labute approximate surface area is 154 Å². The van der Waals surface area contributed by atoms with Gasteiger partial charge in [-0.1, -0.05) is 36.0 Å². The summed E-state index contributed by atoms with van der Waals surface area (Å²) >= 11 is 3.08. The zero-order chi connectivity index (χ0) is 17.4. The molecule has 1 spiro atoms. The van der Waals surface area contributed by atoms with E-state index in [9.17, 15) is 9.59 Å². The van der Waals surface area contributed by atoms with Gasteiger partial charge in [-0.05, 0) is 47.9 Å². The predicted molar refractivity (Wildman–Crippen MR) is 102 cm³/mol. The van der Waals surface area contributed by atoms with Crippen LogP contribution in [0.15, 0.2) is 81.9 Å². The first-order chi connectivity index (χ1) is 12.1. The first-order valence-corrected chi connectivity index (χ1v) is 9.53. The molecule has 0 unspecified atom stereocenters. The van der Waals surface area contributed by atoms with Crippen LogP contribution in [0.1, 0.15) is 4.88 Å². The van der Waals surface area contributed by atoms with E-state index in [1.54, 1.807) is 35.4 Å². The van der Waals surface area contributed by atoms with Crippen molar-refractivity contribution in [3.8, 4) is 0 Å². The molecule has 1 aliphatic carbocycles. The molecule has 1 aliphatic heterocycles. The molecule has 0 fully saturated rings. The highest BCUT2D eigenvalue weighted by atomic mass is 32.2. The molecule has 0 saturated heterocycles. The molecule has 2 aliphatic rings. The average Bonchev–Trinajstić information content (AvgIpc) is 3.22. The Morgan fingerprint density at radius 3 is 2.36 bits per heavy atom. The van der Waals surface area contributed by atoms with E-state index in [1.165, 1.54) is 11.8 Å². The van der Waals surface area contributed by atoms with Crippen molar-refractivity contribution in [1.29, 1.82) is 0 Å². The molecule has 1 aromatic carbocycles. The van der Waals surface area contributed by atoms with Crippen molar-refractivity contribution in [2.24, 2.45) is 0 Å². The third kappa shape index (κ3) is 2.60. The molecule has 2 aromatic rings. The highest BCUT2D eigenvalue weighted by molar-refractivity contribution is 8.04. The number of benzene rings is 1. The monoisotopic (exact) mass is 365 g/mol. The SMILES string of the molecule is CN1C(=O)C(Sc2ccccc2)=C(c2cccs2)C12C=CC(=O)C=C2. The van der Waals surface area contributed by atoms with Gasteiger partial charge in [0.15, 0.2) is 5.78 Å². The Kier molecular flexibility index (Phi) is 3.98. The van der Waals surface area contributed by atoms with Crippen LogP contribution in [0.2, 0.25) is 0 Å². The van der Waals surface area contributed by atoms with Crippen molar-refractivity contribution in [3.63, 3.8) is 0 Å². The second-order valence-electron chi connectivity index (χ2n) is 5.86. The van der Waals surface area contributed by atoms with E-state index in [0.29, 0.717) is 4.91 Å². The zero-order valence-electron chi connectivity index (χ0n) is 13.5. The van der Waals surface area contributed by atoms with Crippen molar-refractivity contribution in [1.82, 2.24) is 4.90 Å². The third-order valence-corrected chi connectivity index (χ3v) is 6.39. The number of hydrogen-bond acceptors (Lipinski definition) is 4. The van der Waals surface area contributed by atoms with Crippen LogP contribution in [0.5, 0.6) is 0 Å². The highest BCUT2D eigenvalue weighted by Crippen LogP contribution is 2.50. The highest BCUT2D eigenvalue weighted by Gasteiger charge is 2.48. The number of carbonyl (C=O) groups excluding carboxylic acids is 2. The van der Waals surface area contributed by atoms with Crippen LogP contribution in [0.4, 0.5) is 0 Å². The van der Waals surface area contributed by atoms with Gasteiger partial charge in [0.2, 0.25) is 0 Å². The maximum atomic E-state index is 13.1. The summed E-state index contributed by atoms with van der Waals surface area (Å²) in [5, 5.41) is 2.01. The number of amides is 1. The van der Waals surface area contributed by atoms with Crippen LogP contribution in [-0.4, -0.2) is 29.2 Å². The van der Waals surface area contributed by atoms with Gasteiger partial charge in [0.1, 0.15) is 5.54 Å². The van der Waals surface area contributed by atoms with Crippen molar-refractivity contribution in [3.05, 3.63) is 81.9 Å². The van der Waals surface area contributed by atoms with Gasteiger partial charge in [0, 0.05) is 22.4 Å². The van der Waals surface area contributed by atoms with E-state index in [-0.39, 0.29) is 11.7 Å². The predicted octanol–water partition coefficient (Wildman–Crippen LogP) is 4.16. The molecule has 0 atom stereocenters. The second-order valence-corrected chi connectivity index (χ2v) is 7.89. The molecule has 0 radical (unpaired) electrons. The lowest BCUT2D eigenvalue weighted by atomic mass is 9.85. The van der Waals surface area contributed by atoms with E-state index in [4.69, 9.17) is 0 Å². The molecule has 25 heavy (non-hydrogen) atoms. The Morgan fingerprint density at radius 2 is 1.72 bits per heavy atom. The molecule has 124 valence electrons. The minimum atomic E-state index is -0.701. The van der Waals surface area contributed by atoms with Gasteiger partial charge in [-0.2, -0.15) is 0 Å². The molecule has 5 heteroatoms. The molecular formula is C20H15NO2S2. The molecule has 3 nitrogen and oxygen atoms in total. The summed E-state index contributed by atoms with van der Waals surface area (Å²) in [7, 11) is 1.79. The number of rotatable bonds is 3. The minimum Gasteiger partial charge on any atom is -0.324 e. The van der Waals surface area contributed by atoms with Crippen LogP contribution in [0, 0.1) is 0 Å². The second kappa shape index (κ2) is 6.17. The third-order valence-electron chi connectivity index (χ3n) is 4.42. The number of ketones is 1. The summed E-state index contributed by atoms with van der Waals surface area (Å²) < 4.78 is 0. The largest absolute Gasteiger partial charge is 0.324 e. The summed E-state index contributed by atoms with van der Waals surface area (Å²) in [6.07, 6.45) is 6.77. The standard InChI is InChI=1S/C20H15NO2S2/c1-21-19(23)18(25-15-6-3-2-4-7-15)17(16-8-5-13-24-16)20(21)11-9-14(22)10-12-20/h2-13H,1H3. The lowest BCUT2D eigenvalue weighted by Crippen LogP contribution is -2.43. The molecular weight excluding hydrogens is 350 g/mol. The van der Waals surface area contributed by atoms with Gasteiger partial charge in [0.05, 0.1) is 4.91 Å². The first kappa shape index (κ1) is 16.1. The van der Waals surface area contributed by atoms with E-state index < -0.39 is 5.54 Å². The number of thiophene rings is 1. The Bertz CT molecular complexity index is 908. The van der Waals surface area contributed by atoms with Gasteiger partial charge in [-0.25, -0.2) is 0 Å². The van der Waals surface area contributed by atoms with Gasteiger partial charge in [-0.15, -0.1) is 11.3 Å². The number of carbonyl (C=O) groups is 2. The number of allylic oxidation sites excluding steroid dienone is 2. The molecule has 0 N–H and O–H groups in total. The quantitative estimate of drug-likeness (QED) is 0.820. The van der Waals surface area contributed by atoms with E-state index in [2.05, 4.69) is 0 Å². The van der Waals surface area contributed by atoms with Gasteiger partial charge in [-0.3, -0.25) is 9.59 Å². The summed E-state index contributed by atoms with van der Waals surface area (Å²) in [4.78, 5) is 29.2. The maximum absolute atomic E-state index is 13.1. The van der Waals surface area contributed by atoms with Crippen LogP contribution in [0.25, 0.3) is 5.57 Å². The topological polar surface area (TPSA) is 37.4 Å². The minimum absolute atomic E-state index is 0.0269. The Balaban J connectivity index is 1.91.